The van der Waals surface area contributed by atoms with Crippen LogP contribution in [0.25, 0.3) is 5.65 Å². The standard InChI is InChI=1S/C16H13ClN2O4/c1-22-14-8-11(17)2-3-13(14)23-9-10-6-12(16(20)21)19-5-4-18-15(19)7-10/h2-8H,9H2,1H3,(H,20,21). The fraction of sp³-hybridized carbons (Fsp3) is 0.125. The Bertz CT molecular complexity index is 876. The summed E-state index contributed by atoms with van der Waals surface area (Å²) in [5.41, 5.74) is 1.37. The number of hydrogen-bond donors (Lipinski definition) is 1. The summed E-state index contributed by atoms with van der Waals surface area (Å²) < 4.78 is 12.4. The molecule has 3 aromatic rings. The van der Waals surface area contributed by atoms with E-state index in [1.807, 2.05) is 0 Å². The molecule has 0 bridgehead atoms. The molecule has 0 spiro atoms. The number of aromatic nitrogens is 2. The maximum atomic E-state index is 11.4. The van der Waals surface area contributed by atoms with Crippen LogP contribution in [0.2, 0.25) is 5.02 Å². The van der Waals surface area contributed by atoms with Crippen molar-refractivity contribution in [1.29, 1.82) is 0 Å². The number of halogens is 1. The van der Waals surface area contributed by atoms with E-state index in [-0.39, 0.29) is 12.3 Å². The maximum absolute atomic E-state index is 11.4. The van der Waals surface area contributed by atoms with Crippen molar-refractivity contribution >= 4 is 23.2 Å². The SMILES string of the molecule is COc1cc(Cl)ccc1OCc1cc(C(=O)O)n2ccnc2c1. The maximum Gasteiger partial charge on any atom is 0.352 e. The number of rotatable bonds is 5. The van der Waals surface area contributed by atoms with Crippen molar-refractivity contribution in [3.8, 4) is 11.5 Å². The van der Waals surface area contributed by atoms with Crippen molar-refractivity contribution < 1.29 is 19.4 Å². The number of hydrogen-bond acceptors (Lipinski definition) is 4. The molecular formula is C16H13ClN2O4. The Morgan fingerprint density at radius 1 is 1.30 bits per heavy atom. The molecule has 0 saturated heterocycles. The van der Waals surface area contributed by atoms with E-state index in [9.17, 15) is 9.90 Å². The summed E-state index contributed by atoms with van der Waals surface area (Å²) in [5.74, 6) is 0.00811. The summed E-state index contributed by atoms with van der Waals surface area (Å²) >= 11 is 5.91. The molecule has 0 atom stereocenters. The van der Waals surface area contributed by atoms with Gasteiger partial charge in [0.25, 0.3) is 0 Å². The van der Waals surface area contributed by atoms with Gasteiger partial charge in [0.05, 0.1) is 7.11 Å². The molecule has 0 aliphatic carbocycles. The van der Waals surface area contributed by atoms with Crippen LogP contribution in [0.15, 0.2) is 42.7 Å². The lowest BCUT2D eigenvalue weighted by molar-refractivity contribution is 0.0688. The zero-order chi connectivity index (χ0) is 16.4. The normalized spacial score (nSPS) is 10.7. The number of fused-ring (bicyclic) bond motifs is 1. The number of benzene rings is 1. The predicted octanol–water partition coefficient (Wildman–Crippen LogP) is 3.27. The largest absolute Gasteiger partial charge is 0.493 e. The fourth-order valence-corrected chi connectivity index (χ4v) is 2.41. The summed E-state index contributed by atoms with van der Waals surface area (Å²) in [6.45, 7) is 0.182. The summed E-state index contributed by atoms with van der Waals surface area (Å²) in [6, 6.07) is 8.37. The predicted molar refractivity (Wildman–Crippen MR) is 84.5 cm³/mol. The molecule has 0 unspecified atom stereocenters. The lowest BCUT2D eigenvalue weighted by atomic mass is 10.2. The number of carbonyl (C=O) groups is 1. The minimum Gasteiger partial charge on any atom is -0.493 e. The first kappa shape index (κ1) is 15.2. The van der Waals surface area contributed by atoms with Crippen molar-refractivity contribution in [2.45, 2.75) is 6.61 Å². The number of carboxylic acids is 1. The molecular weight excluding hydrogens is 320 g/mol. The fourth-order valence-electron chi connectivity index (χ4n) is 2.25. The van der Waals surface area contributed by atoms with E-state index in [2.05, 4.69) is 4.98 Å². The lowest BCUT2D eigenvalue weighted by Crippen LogP contribution is -2.07. The minimum absolute atomic E-state index is 0.127. The van der Waals surface area contributed by atoms with Crippen LogP contribution in [-0.4, -0.2) is 27.6 Å². The Morgan fingerprint density at radius 3 is 2.87 bits per heavy atom. The highest BCUT2D eigenvalue weighted by molar-refractivity contribution is 6.30. The first-order valence-corrected chi connectivity index (χ1v) is 7.12. The molecule has 7 heteroatoms. The average molecular weight is 333 g/mol. The second-order valence-corrected chi connectivity index (χ2v) is 5.23. The van der Waals surface area contributed by atoms with Crippen molar-refractivity contribution in [3.05, 3.63) is 59.0 Å². The van der Waals surface area contributed by atoms with Crippen LogP contribution in [0.4, 0.5) is 0 Å². The van der Waals surface area contributed by atoms with E-state index in [0.717, 1.165) is 0 Å². The van der Waals surface area contributed by atoms with Gasteiger partial charge in [0.15, 0.2) is 11.5 Å². The van der Waals surface area contributed by atoms with Gasteiger partial charge in [-0.05, 0) is 29.8 Å². The second-order valence-electron chi connectivity index (χ2n) is 4.79. The van der Waals surface area contributed by atoms with Gasteiger partial charge in [-0.3, -0.25) is 4.40 Å². The zero-order valence-electron chi connectivity index (χ0n) is 12.2. The number of imidazole rings is 1. The number of nitrogens with zero attached hydrogens (tertiary/aromatic N) is 2. The smallest absolute Gasteiger partial charge is 0.352 e. The molecule has 0 saturated carbocycles. The van der Waals surface area contributed by atoms with E-state index in [4.69, 9.17) is 21.1 Å². The Hall–Kier alpha value is -2.73. The van der Waals surface area contributed by atoms with Crippen LogP contribution in [0, 0.1) is 0 Å². The van der Waals surface area contributed by atoms with Gasteiger partial charge in [0, 0.05) is 23.5 Å². The molecule has 0 radical (unpaired) electrons. The van der Waals surface area contributed by atoms with E-state index in [1.54, 1.807) is 42.7 Å². The molecule has 118 valence electrons. The van der Waals surface area contributed by atoms with Gasteiger partial charge in [-0.2, -0.15) is 0 Å². The third kappa shape index (κ3) is 3.07. The van der Waals surface area contributed by atoms with Gasteiger partial charge in [0.1, 0.15) is 17.9 Å². The number of methoxy groups -OCH3 is 1. The molecule has 1 aromatic carbocycles. The van der Waals surface area contributed by atoms with Crippen LogP contribution < -0.4 is 9.47 Å². The summed E-state index contributed by atoms with van der Waals surface area (Å²) in [4.78, 5) is 15.5. The van der Waals surface area contributed by atoms with Gasteiger partial charge in [-0.1, -0.05) is 11.6 Å². The van der Waals surface area contributed by atoms with Gasteiger partial charge >= 0.3 is 5.97 Å². The average Bonchev–Trinajstić information content (AvgIpc) is 3.00. The number of ether oxygens (including phenoxy) is 2. The van der Waals surface area contributed by atoms with Crippen molar-refractivity contribution in [1.82, 2.24) is 9.38 Å². The Balaban J connectivity index is 1.89. The number of aromatic carboxylic acids is 1. The molecule has 0 aliphatic rings. The molecule has 0 aliphatic heterocycles. The molecule has 6 nitrogen and oxygen atoms in total. The first-order chi connectivity index (χ1) is 11.1. The molecule has 2 aromatic heterocycles. The third-order valence-corrected chi connectivity index (χ3v) is 3.54. The quantitative estimate of drug-likeness (QED) is 0.776. The van der Waals surface area contributed by atoms with E-state index in [0.29, 0.717) is 27.7 Å². The van der Waals surface area contributed by atoms with Gasteiger partial charge in [-0.25, -0.2) is 9.78 Å². The van der Waals surface area contributed by atoms with Crippen LogP contribution in [0.5, 0.6) is 11.5 Å². The highest BCUT2D eigenvalue weighted by Crippen LogP contribution is 2.30. The minimum atomic E-state index is -1.03. The third-order valence-electron chi connectivity index (χ3n) is 3.30. The Morgan fingerprint density at radius 2 is 2.13 bits per heavy atom. The zero-order valence-corrected chi connectivity index (χ0v) is 12.9. The Labute approximate surface area is 136 Å². The highest BCUT2D eigenvalue weighted by atomic mass is 35.5. The Kier molecular flexibility index (Phi) is 4.08. The van der Waals surface area contributed by atoms with Crippen molar-refractivity contribution in [2.75, 3.05) is 7.11 Å². The molecule has 0 amide bonds. The number of carboxylic acid groups (broad SMARTS) is 1. The van der Waals surface area contributed by atoms with E-state index < -0.39 is 5.97 Å². The van der Waals surface area contributed by atoms with Crippen LogP contribution in [0.1, 0.15) is 16.1 Å². The monoisotopic (exact) mass is 332 g/mol. The number of pyridine rings is 1. The van der Waals surface area contributed by atoms with E-state index in [1.165, 1.54) is 11.5 Å². The summed E-state index contributed by atoms with van der Waals surface area (Å²) in [7, 11) is 1.53. The van der Waals surface area contributed by atoms with Crippen LogP contribution >= 0.6 is 11.6 Å². The van der Waals surface area contributed by atoms with Gasteiger partial charge in [0.2, 0.25) is 0 Å². The van der Waals surface area contributed by atoms with Gasteiger partial charge < -0.3 is 14.6 Å². The summed E-state index contributed by atoms with van der Waals surface area (Å²) in [5, 5.41) is 9.84. The van der Waals surface area contributed by atoms with Crippen LogP contribution in [0.3, 0.4) is 0 Å². The molecule has 1 N–H and O–H groups in total. The molecule has 3 rings (SSSR count). The van der Waals surface area contributed by atoms with Gasteiger partial charge in [-0.15, -0.1) is 0 Å². The highest BCUT2D eigenvalue weighted by Gasteiger charge is 2.12. The van der Waals surface area contributed by atoms with Crippen molar-refractivity contribution in [3.63, 3.8) is 0 Å². The summed E-state index contributed by atoms with van der Waals surface area (Å²) in [6.07, 6.45) is 3.15. The van der Waals surface area contributed by atoms with Crippen LogP contribution in [-0.2, 0) is 6.61 Å². The van der Waals surface area contributed by atoms with Crippen molar-refractivity contribution in [2.24, 2.45) is 0 Å². The molecule has 0 fully saturated rings. The molecule has 23 heavy (non-hydrogen) atoms. The first-order valence-electron chi connectivity index (χ1n) is 6.74. The second kappa shape index (κ2) is 6.18. The topological polar surface area (TPSA) is 73.1 Å². The lowest BCUT2D eigenvalue weighted by Gasteiger charge is -2.12. The van der Waals surface area contributed by atoms with E-state index >= 15 is 0 Å². The molecule has 2 heterocycles.